The molecule has 0 aromatic rings. The molecule has 9 nitrogen and oxygen atoms in total. The first-order valence-electron chi connectivity index (χ1n) is 9.43. The van der Waals surface area contributed by atoms with Gasteiger partial charge in [0.25, 0.3) is 0 Å². The fourth-order valence-corrected chi connectivity index (χ4v) is 4.09. The zero-order valence-electron chi connectivity index (χ0n) is 17.1. The van der Waals surface area contributed by atoms with E-state index in [4.69, 9.17) is 18.9 Å². The number of hydrogen-bond donors (Lipinski definition) is 2. The van der Waals surface area contributed by atoms with Crippen LogP contribution in [0.4, 0.5) is 0 Å². The Kier molecular flexibility index (Phi) is 5.13. The van der Waals surface area contributed by atoms with Gasteiger partial charge >= 0.3 is 17.9 Å². The van der Waals surface area contributed by atoms with Crippen LogP contribution >= 0.6 is 0 Å². The van der Waals surface area contributed by atoms with Gasteiger partial charge in [0.1, 0.15) is 24.1 Å². The molecule has 9 heteroatoms. The fourth-order valence-electron chi connectivity index (χ4n) is 4.09. The minimum Gasteiger partial charge on any atom is -0.461 e. The van der Waals surface area contributed by atoms with Crippen molar-refractivity contribution in [3.05, 3.63) is 23.0 Å². The van der Waals surface area contributed by atoms with E-state index in [1.165, 1.54) is 26.8 Å². The summed E-state index contributed by atoms with van der Waals surface area (Å²) in [6, 6.07) is 0. The second-order valence-corrected chi connectivity index (χ2v) is 8.24. The molecule has 0 aliphatic carbocycles. The number of esters is 3. The smallest absolute Gasteiger partial charge is 0.343 e. The highest BCUT2D eigenvalue weighted by Gasteiger charge is 2.61. The van der Waals surface area contributed by atoms with Crippen LogP contribution in [-0.4, -0.2) is 57.8 Å². The van der Waals surface area contributed by atoms with Crippen LogP contribution in [-0.2, 0) is 33.3 Å². The van der Waals surface area contributed by atoms with Gasteiger partial charge in [-0.15, -0.1) is 0 Å². The maximum absolute atomic E-state index is 12.5. The molecule has 160 valence electrons. The Morgan fingerprint density at radius 3 is 2.45 bits per heavy atom. The number of rotatable bonds is 3. The summed E-state index contributed by atoms with van der Waals surface area (Å²) in [7, 11) is 0. The van der Waals surface area contributed by atoms with Crippen LogP contribution in [0, 0.1) is 5.92 Å². The maximum atomic E-state index is 12.5. The van der Waals surface area contributed by atoms with Crippen molar-refractivity contribution >= 4 is 17.9 Å². The largest absolute Gasteiger partial charge is 0.461 e. The first-order valence-corrected chi connectivity index (χ1v) is 9.43. The number of hydrogen-bond acceptors (Lipinski definition) is 9. The van der Waals surface area contributed by atoms with E-state index >= 15 is 0 Å². The SMILES string of the molecule is CC(=O)OCC1=C2C(=C[C@]3(C)CC[C@@](O)(O3)[C@@](C)(O)[C@@H](C)[C@H]2OC(C)=O)OC1=O. The number of carbonyl (C=O) groups is 3. The van der Waals surface area contributed by atoms with Gasteiger partial charge in [0, 0.05) is 31.8 Å². The molecule has 0 saturated carbocycles. The van der Waals surface area contributed by atoms with Gasteiger partial charge in [-0.1, -0.05) is 6.92 Å². The highest BCUT2D eigenvalue weighted by Crippen LogP contribution is 2.51. The van der Waals surface area contributed by atoms with Crippen LogP contribution in [0.5, 0.6) is 0 Å². The van der Waals surface area contributed by atoms with Crippen LogP contribution in [0.15, 0.2) is 23.0 Å². The molecule has 1 saturated heterocycles. The monoisotopic (exact) mass is 410 g/mol. The molecule has 3 heterocycles. The van der Waals surface area contributed by atoms with Crippen molar-refractivity contribution in [3.8, 4) is 0 Å². The van der Waals surface area contributed by atoms with Gasteiger partial charge in [-0.05, 0) is 26.3 Å². The lowest BCUT2D eigenvalue weighted by atomic mass is 9.75. The highest BCUT2D eigenvalue weighted by atomic mass is 16.7. The van der Waals surface area contributed by atoms with E-state index < -0.39 is 46.9 Å². The van der Waals surface area contributed by atoms with Gasteiger partial charge in [0.2, 0.25) is 0 Å². The van der Waals surface area contributed by atoms with Crippen LogP contribution in [0.3, 0.4) is 0 Å². The van der Waals surface area contributed by atoms with Gasteiger partial charge in [-0.2, -0.15) is 0 Å². The van der Waals surface area contributed by atoms with Crippen molar-refractivity contribution in [1.82, 2.24) is 0 Å². The third-order valence-electron chi connectivity index (χ3n) is 5.97. The molecule has 1 fully saturated rings. The van der Waals surface area contributed by atoms with E-state index in [0.29, 0.717) is 6.42 Å². The molecular weight excluding hydrogens is 384 g/mol. The summed E-state index contributed by atoms with van der Waals surface area (Å²) in [5.74, 6) is -4.71. The second kappa shape index (κ2) is 6.93. The number of fused-ring (bicyclic) bond motifs is 3. The molecule has 29 heavy (non-hydrogen) atoms. The Balaban J connectivity index is 2.23. The first kappa shape index (κ1) is 21.5. The molecule has 0 spiro atoms. The number of ether oxygens (including phenoxy) is 4. The molecule has 3 aliphatic heterocycles. The maximum Gasteiger partial charge on any atom is 0.343 e. The Labute approximate surface area is 168 Å². The van der Waals surface area contributed by atoms with Crippen molar-refractivity contribution in [1.29, 1.82) is 0 Å². The van der Waals surface area contributed by atoms with Gasteiger partial charge < -0.3 is 29.2 Å². The van der Waals surface area contributed by atoms with Gasteiger partial charge in [0.15, 0.2) is 5.79 Å². The lowest BCUT2D eigenvalue weighted by Gasteiger charge is -2.44. The average Bonchev–Trinajstić information content (AvgIpc) is 3.06. The van der Waals surface area contributed by atoms with Gasteiger partial charge in [0.05, 0.1) is 11.2 Å². The zero-order chi connectivity index (χ0) is 21.8. The molecule has 3 aliphatic rings. The van der Waals surface area contributed by atoms with E-state index in [2.05, 4.69) is 0 Å². The van der Waals surface area contributed by atoms with Crippen LogP contribution < -0.4 is 0 Å². The van der Waals surface area contributed by atoms with Crippen molar-refractivity contribution < 1.29 is 43.5 Å². The quantitative estimate of drug-likeness (QED) is 0.514. The molecule has 0 radical (unpaired) electrons. The third kappa shape index (κ3) is 3.58. The van der Waals surface area contributed by atoms with E-state index in [-0.39, 0.29) is 29.9 Å². The molecule has 0 amide bonds. The standard InChI is InChI=1S/C20H26O9/c1-10-16(27-12(3)22)15-13(9-26-11(2)21)17(23)28-14(15)8-18(4)6-7-20(25,29-18)19(10,5)24/h8,10,16,24-25H,6-7,9H2,1-5H3/t10-,16+,18-,19-,20+/m0/s1. The number of aliphatic hydroxyl groups is 2. The lowest BCUT2D eigenvalue weighted by Crippen LogP contribution is -2.59. The second-order valence-electron chi connectivity index (χ2n) is 8.24. The van der Waals surface area contributed by atoms with Crippen molar-refractivity contribution in [2.24, 2.45) is 5.92 Å². The first-order chi connectivity index (χ1) is 13.3. The lowest BCUT2D eigenvalue weighted by molar-refractivity contribution is -0.311. The summed E-state index contributed by atoms with van der Waals surface area (Å²) in [5.41, 5.74) is -2.69. The number of carbonyl (C=O) groups excluding carboxylic acids is 3. The predicted octanol–water partition coefficient (Wildman–Crippen LogP) is 0.877. The molecule has 0 aromatic heterocycles. The summed E-state index contributed by atoms with van der Waals surface area (Å²) < 4.78 is 21.7. The van der Waals surface area contributed by atoms with E-state index in [0.717, 1.165) is 0 Å². The molecule has 3 rings (SSSR count). The van der Waals surface area contributed by atoms with Crippen LogP contribution in [0.2, 0.25) is 0 Å². The van der Waals surface area contributed by atoms with Gasteiger partial charge in [-0.3, -0.25) is 9.59 Å². The van der Waals surface area contributed by atoms with Crippen molar-refractivity contribution in [2.75, 3.05) is 6.61 Å². The van der Waals surface area contributed by atoms with Crippen LogP contribution in [0.25, 0.3) is 0 Å². The molecule has 2 N–H and O–H groups in total. The fraction of sp³-hybridized carbons (Fsp3) is 0.650. The minimum atomic E-state index is -1.91. The van der Waals surface area contributed by atoms with Crippen molar-refractivity contribution in [2.45, 2.75) is 70.6 Å². The molecule has 0 unspecified atom stereocenters. The van der Waals surface area contributed by atoms with E-state index in [1.54, 1.807) is 13.8 Å². The minimum absolute atomic E-state index is 0.00807. The van der Waals surface area contributed by atoms with E-state index in [1.807, 2.05) is 0 Å². The van der Waals surface area contributed by atoms with Crippen molar-refractivity contribution in [3.63, 3.8) is 0 Å². The van der Waals surface area contributed by atoms with E-state index in [9.17, 15) is 24.6 Å². The molecule has 0 aromatic carbocycles. The Hall–Kier alpha value is -2.23. The molecule has 2 bridgehead atoms. The summed E-state index contributed by atoms with van der Waals surface area (Å²) in [6.07, 6.45) is 0.869. The predicted molar refractivity (Wildman–Crippen MR) is 96.8 cm³/mol. The Bertz CT molecular complexity index is 824. The molecular formula is C20H26O9. The highest BCUT2D eigenvalue weighted by molar-refractivity contribution is 5.95. The summed E-state index contributed by atoms with van der Waals surface area (Å²) in [6.45, 7) is 6.68. The summed E-state index contributed by atoms with van der Waals surface area (Å²) >= 11 is 0. The summed E-state index contributed by atoms with van der Waals surface area (Å²) in [5, 5.41) is 22.4. The zero-order valence-corrected chi connectivity index (χ0v) is 17.1. The average molecular weight is 410 g/mol. The topological polar surface area (TPSA) is 129 Å². The van der Waals surface area contributed by atoms with Gasteiger partial charge in [-0.25, -0.2) is 4.79 Å². The van der Waals surface area contributed by atoms with Crippen LogP contribution in [0.1, 0.15) is 47.5 Å². The Morgan fingerprint density at radius 2 is 1.86 bits per heavy atom. The third-order valence-corrected chi connectivity index (χ3v) is 5.97. The summed E-state index contributed by atoms with van der Waals surface area (Å²) in [4.78, 5) is 35.7. The normalized spacial score (nSPS) is 39.0. The Morgan fingerprint density at radius 1 is 1.21 bits per heavy atom. The molecule has 5 atom stereocenters.